The molecule has 16 rings (SSSR count). The van der Waals surface area contributed by atoms with Crippen LogP contribution in [0.15, 0.2) is 200 Å². The Bertz CT molecular complexity index is 4160. The van der Waals surface area contributed by atoms with Gasteiger partial charge in [0.1, 0.15) is 0 Å². The highest BCUT2D eigenvalue weighted by atomic mass is 28.4. The van der Waals surface area contributed by atoms with Crippen molar-refractivity contribution in [2.75, 3.05) is 0 Å². The van der Waals surface area contributed by atoms with E-state index in [0.717, 1.165) is 6.42 Å². The van der Waals surface area contributed by atoms with Gasteiger partial charge in [-0.2, -0.15) is 0 Å². The monoisotopic (exact) mass is 856 g/mol. The first-order valence-electron chi connectivity index (χ1n) is 23.4. The van der Waals surface area contributed by atoms with E-state index in [-0.39, 0.29) is 0 Å². The Morgan fingerprint density at radius 1 is 0.364 bits per heavy atom. The van der Waals surface area contributed by atoms with Crippen LogP contribution in [0, 0.1) is 5.92 Å². The molecule has 0 fully saturated rings. The zero-order valence-corrected chi connectivity index (χ0v) is 37.2. The van der Waals surface area contributed by atoms with Gasteiger partial charge in [0, 0.05) is 87.8 Å². The highest BCUT2D eigenvalue weighted by molar-refractivity contribution is 6.84. The number of hydrogen-bond acceptors (Lipinski definition) is 0. The molecule has 1 spiro atoms. The van der Waals surface area contributed by atoms with Gasteiger partial charge < -0.3 is 16.9 Å². The van der Waals surface area contributed by atoms with Crippen molar-refractivity contribution in [1.29, 1.82) is 0 Å². The van der Waals surface area contributed by atoms with Crippen LogP contribution >= 0.6 is 0 Å². The Labute approximate surface area is 381 Å². The molecule has 6 heterocycles. The summed E-state index contributed by atoms with van der Waals surface area (Å²) in [5, 5.41) is 9.28. The Hall–Kier alpha value is -8.12. The lowest BCUT2D eigenvalue weighted by atomic mass is 9.85. The molecule has 66 heavy (non-hydrogen) atoms. The van der Waals surface area contributed by atoms with Crippen molar-refractivity contribution in [1.82, 2.24) is 16.9 Å². The molecule has 0 N–H and O–H groups in total. The third-order valence-electron chi connectivity index (χ3n) is 15.4. The van der Waals surface area contributed by atoms with Crippen LogP contribution in [0.3, 0.4) is 0 Å². The molecule has 1 aliphatic carbocycles. The Morgan fingerprint density at radius 2 is 0.682 bits per heavy atom. The lowest BCUT2D eigenvalue weighted by molar-refractivity contribution is 0.690. The molecular formula is C61H40N4Si. The quantitative estimate of drug-likeness (QED) is 0.157. The standard InChI is InChI=1S/C61H40N4Si/c1-37-34-35-45-49(36-37)65-61-57(45)53(41-26-12-5-13-27-41)52(40-24-10-4-11-25-40)56-44-30-16-19-33-48(44)64(60(56)61)66(65)62-46-31-17-14-28-42(46)54-50(38-20-6-2-7-21-38)51(39-22-8-3-9-23-39)55-43-29-15-18-32-47(43)63(66)59(55)58(54)62/h2-35,37H,36H2,1H3. The van der Waals surface area contributed by atoms with Crippen molar-refractivity contribution >= 4 is 91.1 Å². The first kappa shape index (κ1) is 35.3. The van der Waals surface area contributed by atoms with E-state index >= 15 is 0 Å². The van der Waals surface area contributed by atoms with Crippen molar-refractivity contribution in [3.8, 4) is 44.5 Å². The van der Waals surface area contributed by atoms with Gasteiger partial charge >= 0.3 is 8.72 Å². The Balaban J connectivity index is 1.24. The fourth-order valence-corrected chi connectivity index (χ4v) is 18.6. The highest BCUT2D eigenvalue weighted by Gasteiger charge is 2.61. The van der Waals surface area contributed by atoms with Crippen molar-refractivity contribution in [2.45, 2.75) is 13.3 Å². The van der Waals surface area contributed by atoms with Crippen molar-refractivity contribution in [3.05, 3.63) is 211 Å². The zero-order valence-electron chi connectivity index (χ0n) is 36.2. The summed E-state index contributed by atoms with van der Waals surface area (Å²) in [7, 11) is -3.53. The second kappa shape index (κ2) is 12.4. The molecule has 4 nitrogen and oxygen atoms in total. The first-order chi connectivity index (χ1) is 32.7. The third-order valence-corrected chi connectivity index (χ3v) is 19.7. The minimum Gasteiger partial charge on any atom is -0.316 e. The van der Waals surface area contributed by atoms with E-state index < -0.39 is 8.72 Å². The summed E-state index contributed by atoms with van der Waals surface area (Å²) in [6.45, 7) is 2.40. The van der Waals surface area contributed by atoms with Crippen molar-refractivity contribution in [2.24, 2.45) is 5.92 Å². The summed E-state index contributed by atoms with van der Waals surface area (Å²) < 4.78 is 11.8. The van der Waals surface area contributed by atoms with E-state index in [0.29, 0.717) is 5.92 Å². The largest absolute Gasteiger partial charge is 0.521 e. The van der Waals surface area contributed by atoms with E-state index in [1.165, 1.54) is 132 Å². The average Bonchev–Trinajstić information content (AvgIpc) is 4.21. The van der Waals surface area contributed by atoms with E-state index in [9.17, 15) is 0 Å². The Kier molecular flexibility index (Phi) is 6.60. The number of para-hydroxylation sites is 3. The predicted octanol–water partition coefficient (Wildman–Crippen LogP) is 15.4. The summed E-state index contributed by atoms with van der Waals surface area (Å²) in [6.07, 6.45) is 5.92. The van der Waals surface area contributed by atoms with E-state index in [1.54, 1.807) is 0 Å². The smallest absolute Gasteiger partial charge is 0.316 e. The normalized spacial score (nSPS) is 15.5. The van der Waals surface area contributed by atoms with Gasteiger partial charge in [-0.25, -0.2) is 0 Å². The van der Waals surface area contributed by atoms with Crippen LogP contribution in [0.5, 0.6) is 0 Å². The third kappa shape index (κ3) is 3.97. The van der Waals surface area contributed by atoms with Gasteiger partial charge in [-0.15, -0.1) is 0 Å². The summed E-state index contributed by atoms with van der Waals surface area (Å²) in [4.78, 5) is 0. The SMILES string of the molecule is CC1C=Cc2c(n3c4c2c(-c2ccccc2)c(-c2ccccc2)c2c5ccccc5n(c24)[Si]32n3c4ccccc4c4c(-c5ccccc5)c(-c5ccccc5)c5c6ccccc6n2c5c43)C1. The van der Waals surface area contributed by atoms with Gasteiger partial charge in [-0.3, -0.25) is 0 Å². The molecule has 3 aliphatic rings. The van der Waals surface area contributed by atoms with Gasteiger partial charge in [0.2, 0.25) is 0 Å². The molecule has 1 unspecified atom stereocenters. The molecule has 13 aromatic rings. The van der Waals surface area contributed by atoms with Gasteiger partial charge in [-0.05, 0) is 52.8 Å². The minimum atomic E-state index is -3.53. The molecule has 4 aromatic heterocycles. The summed E-state index contributed by atoms with van der Waals surface area (Å²) in [5.74, 6) is 0.381. The number of hydrogen-bond donors (Lipinski definition) is 0. The summed E-state index contributed by atoms with van der Waals surface area (Å²) >= 11 is 0. The van der Waals surface area contributed by atoms with E-state index in [2.05, 4.69) is 230 Å². The van der Waals surface area contributed by atoms with Crippen LogP contribution in [0.4, 0.5) is 0 Å². The number of nitrogens with zero attached hydrogens (tertiary/aromatic N) is 4. The number of aromatic nitrogens is 4. The molecule has 9 aromatic carbocycles. The van der Waals surface area contributed by atoms with Gasteiger partial charge in [0.05, 0.1) is 22.1 Å². The van der Waals surface area contributed by atoms with Crippen LogP contribution in [0.25, 0.3) is 127 Å². The topological polar surface area (TPSA) is 19.7 Å². The predicted molar refractivity (Wildman–Crippen MR) is 278 cm³/mol. The number of allylic oxidation sites excluding steroid dienone is 1. The maximum atomic E-state index is 2.98. The molecule has 2 aliphatic heterocycles. The summed E-state index contributed by atoms with van der Waals surface area (Å²) in [6, 6.07) is 73.0. The maximum Gasteiger partial charge on any atom is 0.521 e. The lowest BCUT2D eigenvalue weighted by Gasteiger charge is -2.34. The highest BCUT2D eigenvalue weighted by Crippen LogP contribution is 2.61. The molecule has 5 heteroatoms. The molecule has 1 atom stereocenters. The molecule has 0 bridgehead atoms. The molecule has 0 amide bonds. The van der Waals surface area contributed by atoms with E-state index in [4.69, 9.17) is 0 Å². The minimum absolute atomic E-state index is 0.381. The Morgan fingerprint density at radius 3 is 1.06 bits per heavy atom. The van der Waals surface area contributed by atoms with Crippen LogP contribution in [0.1, 0.15) is 18.2 Å². The van der Waals surface area contributed by atoms with Crippen LogP contribution in [0.2, 0.25) is 0 Å². The van der Waals surface area contributed by atoms with Crippen LogP contribution in [-0.4, -0.2) is 25.7 Å². The average molecular weight is 857 g/mol. The van der Waals surface area contributed by atoms with Gasteiger partial charge in [0.15, 0.2) is 0 Å². The van der Waals surface area contributed by atoms with Crippen LogP contribution < -0.4 is 0 Å². The molecule has 0 radical (unpaired) electrons. The molecular weight excluding hydrogens is 817 g/mol. The molecule has 0 saturated heterocycles. The number of benzene rings is 9. The lowest BCUT2D eigenvalue weighted by Crippen LogP contribution is -2.60. The number of rotatable bonds is 4. The fourth-order valence-electron chi connectivity index (χ4n) is 13.2. The first-order valence-corrected chi connectivity index (χ1v) is 25.1. The van der Waals surface area contributed by atoms with Gasteiger partial charge in [0.25, 0.3) is 0 Å². The van der Waals surface area contributed by atoms with E-state index in [1.807, 2.05) is 0 Å². The molecule has 0 saturated carbocycles. The van der Waals surface area contributed by atoms with Crippen LogP contribution in [-0.2, 0) is 6.42 Å². The van der Waals surface area contributed by atoms with Gasteiger partial charge in [-0.1, -0.05) is 195 Å². The second-order valence-electron chi connectivity index (χ2n) is 18.8. The number of fused-ring (bicyclic) bond motifs is 16. The maximum absolute atomic E-state index is 3.53. The fraction of sp³-hybridized carbons (Fsp3) is 0.0492. The second-order valence-corrected chi connectivity index (χ2v) is 21.7. The molecule has 308 valence electrons. The summed E-state index contributed by atoms with van der Waals surface area (Å²) in [5.41, 5.74) is 22.3. The zero-order chi connectivity index (χ0) is 43.0. The van der Waals surface area contributed by atoms with Crippen molar-refractivity contribution < 1.29 is 0 Å². The van der Waals surface area contributed by atoms with Crippen molar-refractivity contribution in [3.63, 3.8) is 0 Å².